The van der Waals surface area contributed by atoms with E-state index in [0.717, 1.165) is 47.3 Å². The van der Waals surface area contributed by atoms with Crippen LogP contribution in [0.5, 0.6) is 0 Å². The second-order valence-corrected chi connectivity index (χ2v) is 6.55. The van der Waals surface area contributed by atoms with Crippen LogP contribution < -0.4 is 4.90 Å². The predicted molar refractivity (Wildman–Crippen MR) is 87.2 cm³/mol. The Hall–Kier alpha value is -2.02. The summed E-state index contributed by atoms with van der Waals surface area (Å²) in [7, 11) is 0. The fraction of sp³-hybridized carbons (Fsp3) is 0.294. The smallest absolute Gasteiger partial charge is 0.311 e. The number of rotatable bonds is 3. The van der Waals surface area contributed by atoms with Crippen molar-refractivity contribution in [2.75, 3.05) is 17.2 Å². The van der Waals surface area contributed by atoms with Crippen molar-refractivity contribution in [3.8, 4) is 0 Å². The number of nitrogens with zero attached hydrogens (tertiary/aromatic N) is 2. The molecule has 2 heterocycles. The average molecular weight is 352 g/mol. The van der Waals surface area contributed by atoms with E-state index >= 15 is 0 Å². The number of halogens is 3. The van der Waals surface area contributed by atoms with Crippen LogP contribution in [0.1, 0.15) is 16.7 Å². The monoisotopic (exact) mass is 352 g/mol. The molecule has 0 atom stereocenters. The molecule has 0 unspecified atom stereocenters. The maximum Gasteiger partial charge on any atom is 0.417 e. The van der Waals surface area contributed by atoms with Crippen molar-refractivity contribution in [2.45, 2.75) is 24.5 Å². The lowest BCUT2D eigenvalue weighted by Gasteiger charge is -2.19. The maximum absolute atomic E-state index is 12.5. The number of para-hydroxylation sites is 1. The van der Waals surface area contributed by atoms with Gasteiger partial charge in [0, 0.05) is 18.4 Å². The number of benzene rings is 1. The Morgan fingerprint density at radius 1 is 1.29 bits per heavy atom. The largest absolute Gasteiger partial charge is 0.417 e. The first-order valence-corrected chi connectivity index (χ1v) is 8.40. The van der Waals surface area contributed by atoms with E-state index < -0.39 is 11.7 Å². The van der Waals surface area contributed by atoms with Crippen molar-refractivity contribution < 1.29 is 18.0 Å². The summed E-state index contributed by atoms with van der Waals surface area (Å²) in [6, 6.07) is 8.23. The number of aryl methyl sites for hydroxylation is 1. The zero-order valence-corrected chi connectivity index (χ0v) is 13.7. The number of carbonyl (C=O) groups is 1. The second-order valence-electron chi connectivity index (χ2n) is 5.55. The number of fused-ring (bicyclic) bond motifs is 1. The van der Waals surface area contributed by atoms with E-state index in [1.54, 1.807) is 4.90 Å². The lowest BCUT2D eigenvalue weighted by molar-refractivity contribution is -0.137. The van der Waals surface area contributed by atoms with Gasteiger partial charge in [-0.15, -0.1) is 0 Å². The summed E-state index contributed by atoms with van der Waals surface area (Å²) in [4.78, 5) is 18.0. The highest BCUT2D eigenvalue weighted by Gasteiger charge is 2.31. The Labute approximate surface area is 141 Å². The molecule has 1 aromatic heterocycles. The minimum absolute atomic E-state index is 0.0604. The van der Waals surface area contributed by atoms with Gasteiger partial charge in [0.2, 0.25) is 5.91 Å². The first-order valence-electron chi connectivity index (χ1n) is 7.41. The van der Waals surface area contributed by atoms with Gasteiger partial charge in [0.25, 0.3) is 0 Å². The van der Waals surface area contributed by atoms with E-state index in [2.05, 4.69) is 4.98 Å². The van der Waals surface area contributed by atoms with E-state index in [1.807, 2.05) is 25.1 Å². The number of carbonyl (C=O) groups excluding carboxylic acids is 1. The third-order valence-corrected chi connectivity index (χ3v) is 4.83. The van der Waals surface area contributed by atoms with Gasteiger partial charge >= 0.3 is 6.18 Å². The van der Waals surface area contributed by atoms with Gasteiger partial charge in [-0.3, -0.25) is 4.79 Å². The summed E-state index contributed by atoms with van der Waals surface area (Å²) in [6.45, 7) is 2.61. The normalized spacial score (nSPS) is 13.9. The molecular weight excluding hydrogens is 337 g/mol. The Balaban J connectivity index is 1.65. The molecule has 2 aromatic rings. The molecule has 0 N–H and O–H groups in total. The zero-order valence-electron chi connectivity index (χ0n) is 12.9. The average Bonchev–Trinajstić information content (AvgIpc) is 2.98. The minimum atomic E-state index is -4.40. The number of alkyl halides is 3. The van der Waals surface area contributed by atoms with E-state index in [-0.39, 0.29) is 11.7 Å². The van der Waals surface area contributed by atoms with Crippen LogP contribution in [0.3, 0.4) is 0 Å². The van der Waals surface area contributed by atoms with Crippen LogP contribution in [0.4, 0.5) is 18.9 Å². The molecule has 0 spiro atoms. The number of amides is 1. The molecule has 3 rings (SSSR count). The molecule has 126 valence electrons. The molecule has 1 amide bonds. The van der Waals surface area contributed by atoms with Crippen LogP contribution in [0.15, 0.2) is 41.6 Å². The van der Waals surface area contributed by atoms with Gasteiger partial charge in [0.1, 0.15) is 0 Å². The Bertz CT molecular complexity index is 759. The summed E-state index contributed by atoms with van der Waals surface area (Å²) in [6.07, 6.45) is -2.78. The summed E-state index contributed by atoms with van der Waals surface area (Å²) in [5.41, 5.74) is 2.38. The van der Waals surface area contributed by atoms with Gasteiger partial charge in [-0.2, -0.15) is 13.2 Å². The molecule has 0 fully saturated rings. The number of aromatic nitrogens is 1. The van der Waals surface area contributed by atoms with Crippen LogP contribution >= 0.6 is 11.8 Å². The first kappa shape index (κ1) is 16.8. The Morgan fingerprint density at radius 3 is 2.75 bits per heavy atom. The van der Waals surface area contributed by atoms with E-state index in [1.165, 1.54) is 6.07 Å². The summed E-state index contributed by atoms with van der Waals surface area (Å²) in [5, 5.41) is 0.403. The standard InChI is InChI=1S/C17H15F3N2OS/c1-11-3-2-4-12-7-8-22(16(11)12)15(23)10-24-14-6-5-13(9-21-14)17(18,19)20/h2-6,9H,7-8,10H2,1H3. The lowest BCUT2D eigenvalue weighted by Crippen LogP contribution is -2.31. The SMILES string of the molecule is Cc1cccc2c1N(C(=O)CSc1ccc(C(F)(F)F)cn1)CC2. The quantitative estimate of drug-likeness (QED) is 0.780. The van der Waals surface area contributed by atoms with Crippen LogP contribution in [0.2, 0.25) is 0 Å². The molecule has 0 saturated carbocycles. The molecule has 0 bridgehead atoms. The Morgan fingerprint density at radius 2 is 2.08 bits per heavy atom. The Kier molecular flexibility index (Phi) is 4.54. The van der Waals surface area contributed by atoms with Crippen molar-refractivity contribution in [2.24, 2.45) is 0 Å². The first-order chi connectivity index (χ1) is 11.4. The molecule has 24 heavy (non-hydrogen) atoms. The van der Waals surface area contributed by atoms with Crippen LogP contribution in [-0.2, 0) is 17.4 Å². The molecule has 0 saturated heterocycles. The summed E-state index contributed by atoms with van der Waals surface area (Å²) < 4.78 is 37.5. The zero-order chi connectivity index (χ0) is 17.3. The number of thioether (sulfide) groups is 1. The lowest BCUT2D eigenvalue weighted by atomic mass is 10.1. The van der Waals surface area contributed by atoms with E-state index in [0.29, 0.717) is 11.6 Å². The van der Waals surface area contributed by atoms with Gasteiger partial charge in [0.05, 0.1) is 16.3 Å². The fourth-order valence-electron chi connectivity index (χ4n) is 2.75. The van der Waals surface area contributed by atoms with Gasteiger partial charge in [-0.25, -0.2) is 4.98 Å². The minimum Gasteiger partial charge on any atom is -0.311 e. The number of pyridine rings is 1. The molecule has 0 aliphatic carbocycles. The molecule has 1 aliphatic heterocycles. The van der Waals surface area contributed by atoms with Gasteiger partial charge in [0.15, 0.2) is 0 Å². The highest BCUT2D eigenvalue weighted by molar-refractivity contribution is 7.99. The van der Waals surface area contributed by atoms with Gasteiger partial charge in [-0.1, -0.05) is 30.0 Å². The molecule has 0 radical (unpaired) electrons. The van der Waals surface area contributed by atoms with Crippen LogP contribution in [-0.4, -0.2) is 23.2 Å². The molecule has 1 aromatic carbocycles. The van der Waals surface area contributed by atoms with Crippen molar-refractivity contribution in [1.29, 1.82) is 0 Å². The third-order valence-electron chi connectivity index (χ3n) is 3.90. The number of anilines is 1. The van der Waals surface area contributed by atoms with Gasteiger partial charge < -0.3 is 4.90 Å². The van der Waals surface area contributed by atoms with Crippen LogP contribution in [0.25, 0.3) is 0 Å². The highest BCUT2D eigenvalue weighted by Crippen LogP contribution is 2.33. The third kappa shape index (κ3) is 3.40. The fourth-order valence-corrected chi connectivity index (χ4v) is 3.47. The number of hydrogen-bond donors (Lipinski definition) is 0. The second kappa shape index (κ2) is 6.47. The van der Waals surface area contributed by atoms with Crippen molar-refractivity contribution >= 4 is 23.4 Å². The van der Waals surface area contributed by atoms with Crippen LogP contribution in [0, 0.1) is 6.92 Å². The molecular formula is C17H15F3N2OS. The maximum atomic E-state index is 12.5. The van der Waals surface area contributed by atoms with Crippen molar-refractivity contribution in [3.63, 3.8) is 0 Å². The molecule has 3 nitrogen and oxygen atoms in total. The van der Waals surface area contributed by atoms with Crippen molar-refractivity contribution in [1.82, 2.24) is 4.98 Å². The molecule has 7 heteroatoms. The van der Waals surface area contributed by atoms with E-state index in [9.17, 15) is 18.0 Å². The number of hydrogen-bond acceptors (Lipinski definition) is 3. The van der Waals surface area contributed by atoms with E-state index in [4.69, 9.17) is 0 Å². The predicted octanol–water partition coefficient (Wildman–Crippen LogP) is 4.09. The molecule has 1 aliphatic rings. The topological polar surface area (TPSA) is 33.2 Å². The summed E-state index contributed by atoms with van der Waals surface area (Å²) >= 11 is 1.15. The van der Waals surface area contributed by atoms with Crippen molar-refractivity contribution in [3.05, 3.63) is 53.2 Å². The van der Waals surface area contributed by atoms with Gasteiger partial charge in [-0.05, 0) is 36.6 Å². The highest BCUT2D eigenvalue weighted by atomic mass is 32.2. The summed E-state index contributed by atoms with van der Waals surface area (Å²) in [5.74, 6) is 0.0846.